The lowest BCUT2D eigenvalue weighted by Gasteiger charge is -2.02. The minimum Gasteiger partial charge on any atom is -0.376 e. The van der Waals surface area contributed by atoms with Crippen molar-refractivity contribution < 1.29 is 9.84 Å². The van der Waals surface area contributed by atoms with E-state index in [9.17, 15) is 0 Å². The molecule has 0 aliphatic carbocycles. The molecule has 1 N–H and O–H groups in total. The van der Waals surface area contributed by atoms with Gasteiger partial charge in [0.2, 0.25) is 0 Å². The number of rotatable bonds is 4. The molecule has 0 aliphatic rings. The fourth-order valence-corrected chi connectivity index (χ4v) is 0.382. The summed E-state index contributed by atoms with van der Waals surface area (Å²) in [5, 5.41) is 16.8. The molecule has 0 amide bonds. The zero-order valence-electron chi connectivity index (χ0n) is 6.00. The third kappa shape index (κ3) is 5.29. The van der Waals surface area contributed by atoms with Crippen LogP contribution >= 0.6 is 0 Å². The predicted molar refractivity (Wildman–Crippen MR) is 37.3 cm³/mol. The van der Waals surface area contributed by atoms with E-state index in [0.717, 1.165) is 5.57 Å². The van der Waals surface area contributed by atoms with Crippen LogP contribution in [-0.2, 0) is 4.74 Å². The van der Waals surface area contributed by atoms with Crippen LogP contribution in [0.2, 0.25) is 0 Å². The second-order valence-electron chi connectivity index (χ2n) is 2.12. The fourth-order valence-electron chi connectivity index (χ4n) is 0.382. The van der Waals surface area contributed by atoms with E-state index in [1.54, 1.807) is 6.07 Å². The smallest absolute Gasteiger partial charge is 0.163 e. The van der Waals surface area contributed by atoms with Crippen molar-refractivity contribution >= 4 is 0 Å². The Kier molecular flexibility index (Phi) is 4.55. The van der Waals surface area contributed by atoms with E-state index in [0.29, 0.717) is 6.61 Å². The van der Waals surface area contributed by atoms with Crippen molar-refractivity contribution in [1.82, 2.24) is 0 Å². The molecule has 0 aromatic rings. The lowest BCUT2D eigenvalue weighted by atomic mass is 10.4. The van der Waals surface area contributed by atoms with Gasteiger partial charge < -0.3 is 9.84 Å². The molecule has 1 atom stereocenters. The van der Waals surface area contributed by atoms with Gasteiger partial charge in [0, 0.05) is 0 Å². The highest BCUT2D eigenvalue weighted by atomic mass is 16.5. The van der Waals surface area contributed by atoms with Crippen LogP contribution in [-0.4, -0.2) is 24.4 Å². The predicted octanol–water partition coefficient (Wildman–Crippen LogP) is 0.464. The summed E-state index contributed by atoms with van der Waals surface area (Å²) in [5.74, 6) is 0. The van der Waals surface area contributed by atoms with Crippen molar-refractivity contribution in [2.75, 3.05) is 13.2 Å². The average molecular weight is 141 g/mol. The van der Waals surface area contributed by atoms with Crippen LogP contribution in [0.3, 0.4) is 0 Å². The summed E-state index contributed by atoms with van der Waals surface area (Å²) >= 11 is 0. The third-order valence-corrected chi connectivity index (χ3v) is 0.773. The average Bonchev–Trinajstić information content (AvgIpc) is 1.87. The molecule has 0 heterocycles. The van der Waals surface area contributed by atoms with Crippen molar-refractivity contribution in [3.05, 3.63) is 12.2 Å². The molecular weight excluding hydrogens is 130 g/mol. The summed E-state index contributed by atoms with van der Waals surface area (Å²) in [6, 6.07) is 1.64. The van der Waals surface area contributed by atoms with Crippen LogP contribution in [0.1, 0.15) is 6.92 Å². The van der Waals surface area contributed by atoms with Gasteiger partial charge in [0.25, 0.3) is 0 Å². The molecular formula is C7H11NO2. The van der Waals surface area contributed by atoms with Gasteiger partial charge in [-0.3, -0.25) is 0 Å². The van der Waals surface area contributed by atoms with Crippen LogP contribution in [0, 0.1) is 11.3 Å². The van der Waals surface area contributed by atoms with Gasteiger partial charge in [-0.25, -0.2) is 0 Å². The summed E-state index contributed by atoms with van der Waals surface area (Å²) in [7, 11) is 0. The second kappa shape index (κ2) is 4.98. The van der Waals surface area contributed by atoms with Gasteiger partial charge in [0.15, 0.2) is 6.10 Å². The maximum Gasteiger partial charge on any atom is 0.163 e. The Morgan fingerprint density at radius 1 is 1.90 bits per heavy atom. The molecule has 0 aromatic carbocycles. The number of nitriles is 1. The first kappa shape index (κ1) is 9.15. The van der Waals surface area contributed by atoms with Gasteiger partial charge in [0.1, 0.15) is 0 Å². The molecule has 0 aromatic heterocycles. The second-order valence-corrected chi connectivity index (χ2v) is 2.12. The Morgan fingerprint density at radius 3 is 2.90 bits per heavy atom. The standard InChI is InChI=1S/C7H11NO2/c1-6(2)4-10-5-7(9)3-8/h7,9H,1,4-5H2,2H3/t7-/m1/s1. The first-order valence-electron chi connectivity index (χ1n) is 2.96. The van der Waals surface area contributed by atoms with Crippen LogP contribution in [0.5, 0.6) is 0 Å². The minimum absolute atomic E-state index is 0.0589. The van der Waals surface area contributed by atoms with Gasteiger partial charge >= 0.3 is 0 Å². The SMILES string of the molecule is C=C(C)COC[C@H](O)C#N. The molecule has 0 rings (SSSR count). The summed E-state index contributed by atoms with van der Waals surface area (Å²) in [4.78, 5) is 0. The van der Waals surface area contributed by atoms with E-state index in [4.69, 9.17) is 15.1 Å². The highest BCUT2D eigenvalue weighted by Crippen LogP contribution is 1.89. The van der Waals surface area contributed by atoms with Crippen LogP contribution < -0.4 is 0 Å². The summed E-state index contributed by atoms with van der Waals surface area (Å²) in [6.45, 7) is 5.87. The van der Waals surface area contributed by atoms with Crippen LogP contribution in [0.25, 0.3) is 0 Å². The van der Waals surface area contributed by atoms with E-state index in [-0.39, 0.29) is 6.61 Å². The maximum atomic E-state index is 8.66. The Balaban J connectivity index is 3.22. The summed E-state index contributed by atoms with van der Waals surface area (Å²) < 4.78 is 4.88. The van der Waals surface area contributed by atoms with Gasteiger partial charge in [-0.05, 0) is 6.92 Å². The van der Waals surface area contributed by atoms with Crippen molar-refractivity contribution in [2.45, 2.75) is 13.0 Å². The van der Waals surface area contributed by atoms with Gasteiger partial charge in [-0.2, -0.15) is 5.26 Å². The molecule has 0 fully saturated rings. The molecule has 56 valence electrons. The molecule has 0 spiro atoms. The topological polar surface area (TPSA) is 53.2 Å². The normalized spacial score (nSPS) is 12.1. The molecule has 3 nitrogen and oxygen atoms in total. The van der Waals surface area contributed by atoms with E-state index < -0.39 is 6.10 Å². The quantitative estimate of drug-likeness (QED) is 0.457. The third-order valence-electron chi connectivity index (χ3n) is 0.773. The van der Waals surface area contributed by atoms with Gasteiger partial charge in [0.05, 0.1) is 19.3 Å². The highest BCUT2D eigenvalue weighted by molar-refractivity contribution is 4.88. The van der Waals surface area contributed by atoms with E-state index in [1.807, 2.05) is 6.92 Å². The number of hydrogen-bond donors (Lipinski definition) is 1. The lowest BCUT2D eigenvalue weighted by molar-refractivity contribution is 0.0754. The number of nitrogens with zero attached hydrogens (tertiary/aromatic N) is 1. The van der Waals surface area contributed by atoms with E-state index in [1.165, 1.54) is 0 Å². The van der Waals surface area contributed by atoms with Crippen molar-refractivity contribution in [1.29, 1.82) is 5.26 Å². The van der Waals surface area contributed by atoms with E-state index in [2.05, 4.69) is 6.58 Å². The molecule has 0 unspecified atom stereocenters. The number of aliphatic hydroxyl groups is 1. The highest BCUT2D eigenvalue weighted by Gasteiger charge is 1.99. The molecule has 0 radical (unpaired) electrons. The Morgan fingerprint density at radius 2 is 2.50 bits per heavy atom. The number of ether oxygens (including phenoxy) is 1. The summed E-state index contributed by atoms with van der Waals surface area (Å²) in [5.41, 5.74) is 0.880. The number of hydrogen-bond acceptors (Lipinski definition) is 3. The van der Waals surface area contributed by atoms with Gasteiger partial charge in [-0.1, -0.05) is 12.2 Å². The lowest BCUT2D eigenvalue weighted by Crippen LogP contribution is -2.13. The van der Waals surface area contributed by atoms with Crippen molar-refractivity contribution in [3.63, 3.8) is 0 Å². The molecule has 0 aliphatic heterocycles. The zero-order chi connectivity index (χ0) is 7.98. The molecule has 0 saturated carbocycles. The van der Waals surface area contributed by atoms with Crippen molar-refractivity contribution in [3.8, 4) is 6.07 Å². The van der Waals surface area contributed by atoms with Crippen molar-refractivity contribution in [2.24, 2.45) is 0 Å². The molecule has 10 heavy (non-hydrogen) atoms. The number of aliphatic hydroxyl groups excluding tert-OH is 1. The molecule has 0 saturated heterocycles. The van der Waals surface area contributed by atoms with E-state index >= 15 is 0 Å². The molecule has 3 heteroatoms. The monoisotopic (exact) mass is 141 g/mol. The Hall–Kier alpha value is -0.850. The zero-order valence-corrected chi connectivity index (χ0v) is 6.00. The maximum absolute atomic E-state index is 8.66. The fraction of sp³-hybridized carbons (Fsp3) is 0.571. The Bertz CT molecular complexity index is 148. The van der Waals surface area contributed by atoms with Crippen LogP contribution in [0.15, 0.2) is 12.2 Å². The van der Waals surface area contributed by atoms with Gasteiger partial charge in [-0.15, -0.1) is 0 Å². The Labute approximate surface area is 60.5 Å². The summed E-state index contributed by atoms with van der Waals surface area (Å²) in [6.07, 6.45) is -1.01. The first-order valence-corrected chi connectivity index (χ1v) is 2.96. The molecule has 0 bridgehead atoms. The first-order chi connectivity index (χ1) is 4.66. The minimum atomic E-state index is -1.01. The largest absolute Gasteiger partial charge is 0.376 e. The van der Waals surface area contributed by atoms with Crippen LogP contribution in [0.4, 0.5) is 0 Å².